The molecule has 0 bridgehead atoms. The van der Waals surface area contributed by atoms with Crippen molar-refractivity contribution in [3.05, 3.63) is 34.9 Å². The van der Waals surface area contributed by atoms with Gasteiger partial charge in [0.25, 0.3) is 0 Å². The standard InChI is InChI=1S/C8H8ClFO/c9-7-3-1-6(2-4-7)8(11)5-10/h1-4,8,11H,5H2/t8-/m0/s1. The van der Waals surface area contributed by atoms with Gasteiger partial charge in [0.15, 0.2) is 0 Å². The fraction of sp³-hybridized carbons (Fsp3) is 0.250. The van der Waals surface area contributed by atoms with Crippen molar-refractivity contribution in [2.24, 2.45) is 0 Å². The molecule has 1 atom stereocenters. The summed E-state index contributed by atoms with van der Waals surface area (Å²) in [5.74, 6) is 0. The van der Waals surface area contributed by atoms with E-state index in [9.17, 15) is 4.39 Å². The Bertz CT molecular complexity index is 222. The molecule has 3 heteroatoms. The number of hydrogen-bond donors (Lipinski definition) is 1. The second-order valence-corrected chi connectivity index (χ2v) is 2.66. The summed E-state index contributed by atoms with van der Waals surface area (Å²) >= 11 is 5.58. The lowest BCUT2D eigenvalue weighted by atomic mass is 10.1. The van der Waals surface area contributed by atoms with Crippen LogP contribution in [0.5, 0.6) is 0 Å². The van der Waals surface area contributed by atoms with Crippen LogP contribution in [0.15, 0.2) is 24.3 Å². The van der Waals surface area contributed by atoms with Gasteiger partial charge in [-0.1, -0.05) is 23.7 Å². The predicted molar refractivity (Wildman–Crippen MR) is 42.4 cm³/mol. The Balaban J connectivity index is 2.81. The van der Waals surface area contributed by atoms with Gasteiger partial charge in [-0.05, 0) is 17.7 Å². The molecule has 0 aliphatic heterocycles. The van der Waals surface area contributed by atoms with Crippen LogP contribution in [0, 0.1) is 0 Å². The normalized spacial score (nSPS) is 13.0. The van der Waals surface area contributed by atoms with E-state index in [4.69, 9.17) is 16.7 Å². The quantitative estimate of drug-likeness (QED) is 0.730. The van der Waals surface area contributed by atoms with Crippen LogP contribution in [0.2, 0.25) is 5.02 Å². The average molecular weight is 175 g/mol. The first-order chi connectivity index (χ1) is 5.24. The molecule has 0 unspecified atom stereocenters. The van der Waals surface area contributed by atoms with Crippen LogP contribution in [-0.4, -0.2) is 11.8 Å². The van der Waals surface area contributed by atoms with Crippen molar-refractivity contribution in [1.29, 1.82) is 0 Å². The SMILES string of the molecule is O[C@@H](CF)c1ccc(Cl)cc1. The van der Waals surface area contributed by atoms with Gasteiger partial charge in [0.2, 0.25) is 0 Å². The number of alkyl halides is 1. The second-order valence-electron chi connectivity index (χ2n) is 2.22. The van der Waals surface area contributed by atoms with Crippen molar-refractivity contribution in [3.8, 4) is 0 Å². The monoisotopic (exact) mass is 174 g/mol. The Morgan fingerprint density at radius 3 is 2.36 bits per heavy atom. The fourth-order valence-electron chi connectivity index (χ4n) is 0.774. The molecule has 1 rings (SSSR count). The molecule has 1 nitrogen and oxygen atoms in total. The smallest absolute Gasteiger partial charge is 0.119 e. The first-order valence-electron chi connectivity index (χ1n) is 3.23. The Morgan fingerprint density at radius 2 is 1.91 bits per heavy atom. The molecule has 11 heavy (non-hydrogen) atoms. The molecule has 0 aliphatic rings. The Labute approximate surface area is 69.4 Å². The number of hydrogen-bond acceptors (Lipinski definition) is 1. The Hall–Kier alpha value is -0.600. The van der Waals surface area contributed by atoms with E-state index >= 15 is 0 Å². The molecule has 1 aromatic rings. The van der Waals surface area contributed by atoms with Gasteiger partial charge in [0, 0.05) is 5.02 Å². The zero-order valence-electron chi connectivity index (χ0n) is 5.80. The highest BCUT2D eigenvalue weighted by atomic mass is 35.5. The van der Waals surface area contributed by atoms with Crippen molar-refractivity contribution >= 4 is 11.6 Å². The summed E-state index contributed by atoms with van der Waals surface area (Å²) in [6.07, 6.45) is -1.02. The molecule has 0 radical (unpaired) electrons. The third-order valence-electron chi connectivity index (χ3n) is 1.40. The summed E-state index contributed by atoms with van der Waals surface area (Å²) in [7, 11) is 0. The average Bonchev–Trinajstić information content (AvgIpc) is 2.05. The third-order valence-corrected chi connectivity index (χ3v) is 1.65. The van der Waals surface area contributed by atoms with Gasteiger partial charge in [-0.2, -0.15) is 0 Å². The van der Waals surface area contributed by atoms with Crippen LogP contribution < -0.4 is 0 Å². The van der Waals surface area contributed by atoms with Gasteiger partial charge in [0.1, 0.15) is 12.8 Å². The molecule has 1 N–H and O–H groups in total. The topological polar surface area (TPSA) is 20.2 Å². The summed E-state index contributed by atoms with van der Waals surface area (Å²) in [5.41, 5.74) is 0.553. The third kappa shape index (κ3) is 2.17. The molecular weight excluding hydrogens is 167 g/mol. The molecular formula is C8H8ClFO. The summed E-state index contributed by atoms with van der Waals surface area (Å²) in [4.78, 5) is 0. The summed E-state index contributed by atoms with van der Waals surface area (Å²) in [6.45, 7) is -0.762. The maximum atomic E-state index is 11.9. The Morgan fingerprint density at radius 1 is 1.36 bits per heavy atom. The van der Waals surface area contributed by atoms with E-state index in [-0.39, 0.29) is 0 Å². The number of aliphatic hydroxyl groups excluding tert-OH is 1. The zero-order valence-corrected chi connectivity index (χ0v) is 6.55. The van der Waals surface area contributed by atoms with Crippen LogP contribution in [0.4, 0.5) is 4.39 Å². The fourth-order valence-corrected chi connectivity index (χ4v) is 0.900. The molecule has 1 aromatic carbocycles. The minimum absolute atomic E-state index is 0.553. The van der Waals surface area contributed by atoms with Crippen molar-refractivity contribution < 1.29 is 9.50 Å². The van der Waals surface area contributed by atoms with Gasteiger partial charge in [-0.3, -0.25) is 0 Å². The van der Waals surface area contributed by atoms with Crippen molar-refractivity contribution in [1.82, 2.24) is 0 Å². The molecule has 0 aromatic heterocycles. The van der Waals surface area contributed by atoms with Gasteiger partial charge < -0.3 is 5.11 Å². The van der Waals surface area contributed by atoms with Crippen LogP contribution in [0.25, 0.3) is 0 Å². The van der Waals surface area contributed by atoms with Crippen LogP contribution in [0.1, 0.15) is 11.7 Å². The summed E-state index contributed by atoms with van der Waals surface area (Å²) < 4.78 is 11.9. The number of halogens is 2. The summed E-state index contributed by atoms with van der Waals surface area (Å²) in [6, 6.07) is 6.45. The van der Waals surface area contributed by atoms with Crippen molar-refractivity contribution in [3.63, 3.8) is 0 Å². The number of benzene rings is 1. The molecule has 0 saturated heterocycles. The van der Waals surface area contributed by atoms with Crippen LogP contribution >= 0.6 is 11.6 Å². The van der Waals surface area contributed by atoms with E-state index in [0.29, 0.717) is 10.6 Å². The summed E-state index contributed by atoms with van der Waals surface area (Å²) in [5, 5.41) is 9.59. The highest BCUT2D eigenvalue weighted by Gasteiger charge is 2.04. The molecule has 60 valence electrons. The van der Waals surface area contributed by atoms with Crippen molar-refractivity contribution in [2.45, 2.75) is 6.10 Å². The van der Waals surface area contributed by atoms with E-state index in [1.807, 2.05) is 0 Å². The maximum Gasteiger partial charge on any atom is 0.119 e. The second kappa shape index (κ2) is 3.69. The van der Waals surface area contributed by atoms with Crippen LogP contribution in [-0.2, 0) is 0 Å². The van der Waals surface area contributed by atoms with E-state index < -0.39 is 12.8 Å². The highest BCUT2D eigenvalue weighted by Crippen LogP contribution is 2.16. The molecule has 0 amide bonds. The molecule has 0 spiro atoms. The van der Waals surface area contributed by atoms with Gasteiger partial charge in [-0.25, -0.2) is 4.39 Å². The maximum absolute atomic E-state index is 11.9. The minimum Gasteiger partial charge on any atom is -0.386 e. The first kappa shape index (κ1) is 8.50. The van der Waals surface area contributed by atoms with E-state index in [0.717, 1.165) is 0 Å². The van der Waals surface area contributed by atoms with Crippen LogP contribution in [0.3, 0.4) is 0 Å². The van der Waals surface area contributed by atoms with Gasteiger partial charge in [0.05, 0.1) is 0 Å². The molecule has 0 saturated carbocycles. The highest BCUT2D eigenvalue weighted by molar-refractivity contribution is 6.30. The first-order valence-corrected chi connectivity index (χ1v) is 3.61. The number of aliphatic hydroxyl groups is 1. The van der Waals surface area contributed by atoms with E-state index in [1.165, 1.54) is 0 Å². The lowest BCUT2D eigenvalue weighted by Crippen LogP contribution is -1.97. The van der Waals surface area contributed by atoms with Crippen molar-refractivity contribution in [2.75, 3.05) is 6.67 Å². The minimum atomic E-state index is -1.02. The molecule has 0 fully saturated rings. The molecule has 0 heterocycles. The van der Waals surface area contributed by atoms with Gasteiger partial charge >= 0.3 is 0 Å². The largest absolute Gasteiger partial charge is 0.386 e. The predicted octanol–water partition coefficient (Wildman–Crippen LogP) is 2.34. The van der Waals surface area contributed by atoms with E-state index in [2.05, 4.69) is 0 Å². The Kier molecular flexibility index (Phi) is 2.85. The lowest BCUT2D eigenvalue weighted by molar-refractivity contribution is 0.142. The lowest BCUT2D eigenvalue weighted by Gasteiger charge is -2.04. The number of rotatable bonds is 2. The zero-order chi connectivity index (χ0) is 8.27. The van der Waals surface area contributed by atoms with Gasteiger partial charge in [-0.15, -0.1) is 0 Å². The molecule has 0 aliphatic carbocycles. The van der Waals surface area contributed by atoms with E-state index in [1.54, 1.807) is 24.3 Å².